The van der Waals surface area contributed by atoms with E-state index in [1.54, 1.807) is 7.11 Å². The van der Waals surface area contributed by atoms with Crippen LogP contribution in [0.25, 0.3) is 0 Å². The smallest absolute Gasteiger partial charge is 0.191 e. The van der Waals surface area contributed by atoms with Crippen molar-refractivity contribution in [3.63, 3.8) is 0 Å². The average molecular weight is 319 g/mol. The first-order chi connectivity index (χ1) is 11.2. The van der Waals surface area contributed by atoms with Crippen LogP contribution in [-0.4, -0.2) is 32.3 Å². The number of hydrogen-bond acceptors (Lipinski definition) is 3. The van der Waals surface area contributed by atoms with Gasteiger partial charge in [0.05, 0.1) is 20.3 Å². The van der Waals surface area contributed by atoms with Crippen molar-refractivity contribution in [2.24, 2.45) is 10.9 Å². The van der Waals surface area contributed by atoms with Gasteiger partial charge in [0.25, 0.3) is 0 Å². The SMILES string of the molecule is CCCOc1ccc(CN=C(NCC)NC2CC2C)cc1OC. The molecule has 0 heterocycles. The Hall–Kier alpha value is -1.91. The Bertz CT molecular complexity index is 531. The second-order valence-corrected chi connectivity index (χ2v) is 5.99. The molecule has 128 valence electrons. The number of rotatable bonds is 8. The second-order valence-electron chi connectivity index (χ2n) is 5.99. The number of nitrogens with zero attached hydrogens (tertiary/aromatic N) is 1. The van der Waals surface area contributed by atoms with Gasteiger partial charge in [-0.25, -0.2) is 4.99 Å². The van der Waals surface area contributed by atoms with E-state index in [0.717, 1.165) is 41.9 Å². The molecule has 0 amide bonds. The van der Waals surface area contributed by atoms with Crippen LogP contribution in [0.4, 0.5) is 0 Å². The maximum Gasteiger partial charge on any atom is 0.191 e. The highest BCUT2D eigenvalue weighted by Gasteiger charge is 2.33. The molecule has 23 heavy (non-hydrogen) atoms. The van der Waals surface area contributed by atoms with E-state index < -0.39 is 0 Å². The lowest BCUT2D eigenvalue weighted by atomic mass is 10.2. The van der Waals surface area contributed by atoms with Crippen LogP contribution in [0.3, 0.4) is 0 Å². The lowest BCUT2D eigenvalue weighted by molar-refractivity contribution is 0.294. The molecule has 2 atom stereocenters. The zero-order chi connectivity index (χ0) is 16.7. The van der Waals surface area contributed by atoms with Crippen LogP contribution in [0, 0.1) is 5.92 Å². The van der Waals surface area contributed by atoms with Gasteiger partial charge in [-0.15, -0.1) is 0 Å². The van der Waals surface area contributed by atoms with Gasteiger partial charge < -0.3 is 20.1 Å². The van der Waals surface area contributed by atoms with Crippen molar-refractivity contribution in [2.75, 3.05) is 20.3 Å². The van der Waals surface area contributed by atoms with Crippen molar-refractivity contribution in [1.29, 1.82) is 0 Å². The molecule has 2 rings (SSSR count). The molecule has 0 saturated heterocycles. The van der Waals surface area contributed by atoms with Crippen LogP contribution in [0.2, 0.25) is 0 Å². The number of guanidine groups is 1. The highest BCUT2D eigenvalue weighted by Crippen LogP contribution is 2.29. The Morgan fingerprint density at radius 2 is 2.09 bits per heavy atom. The summed E-state index contributed by atoms with van der Waals surface area (Å²) >= 11 is 0. The summed E-state index contributed by atoms with van der Waals surface area (Å²) in [6, 6.07) is 6.56. The summed E-state index contributed by atoms with van der Waals surface area (Å²) in [5.74, 6) is 3.18. The van der Waals surface area contributed by atoms with Gasteiger partial charge in [0.1, 0.15) is 0 Å². The molecule has 1 saturated carbocycles. The molecule has 0 aliphatic heterocycles. The lowest BCUT2D eigenvalue weighted by Gasteiger charge is -2.12. The highest BCUT2D eigenvalue weighted by molar-refractivity contribution is 5.80. The molecule has 0 radical (unpaired) electrons. The van der Waals surface area contributed by atoms with E-state index in [-0.39, 0.29) is 0 Å². The second kappa shape index (κ2) is 8.65. The minimum absolute atomic E-state index is 0.562. The molecule has 2 N–H and O–H groups in total. The van der Waals surface area contributed by atoms with Crippen LogP contribution < -0.4 is 20.1 Å². The molecule has 0 aromatic heterocycles. The molecule has 1 aliphatic rings. The van der Waals surface area contributed by atoms with Crippen LogP contribution >= 0.6 is 0 Å². The number of aliphatic imine (C=N–C) groups is 1. The van der Waals surface area contributed by atoms with Gasteiger partial charge in [-0.1, -0.05) is 19.9 Å². The van der Waals surface area contributed by atoms with E-state index in [2.05, 4.69) is 36.4 Å². The van der Waals surface area contributed by atoms with E-state index in [1.165, 1.54) is 6.42 Å². The number of hydrogen-bond donors (Lipinski definition) is 2. The van der Waals surface area contributed by atoms with E-state index in [1.807, 2.05) is 18.2 Å². The zero-order valence-electron chi connectivity index (χ0n) is 14.7. The largest absolute Gasteiger partial charge is 0.493 e. The quantitative estimate of drug-likeness (QED) is 0.571. The molecule has 1 fully saturated rings. The summed E-state index contributed by atoms with van der Waals surface area (Å²) < 4.78 is 11.1. The Balaban J connectivity index is 2.00. The van der Waals surface area contributed by atoms with E-state index in [9.17, 15) is 0 Å². The first-order valence-corrected chi connectivity index (χ1v) is 8.52. The number of ether oxygens (including phenoxy) is 2. The van der Waals surface area contributed by atoms with Crippen LogP contribution in [0.5, 0.6) is 11.5 Å². The first kappa shape index (κ1) is 17.4. The summed E-state index contributed by atoms with van der Waals surface area (Å²) in [5, 5.41) is 6.76. The van der Waals surface area contributed by atoms with Crippen molar-refractivity contribution >= 4 is 5.96 Å². The molecule has 0 spiro atoms. The van der Waals surface area contributed by atoms with Gasteiger partial charge >= 0.3 is 0 Å². The minimum atomic E-state index is 0.562. The molecule has 1 aromatic rings. The molecular weight excluding hydrogens is 290 g/mol. The van der Waals surface area contributed by atoms with Gasteiger partial charge in [-0.3, -0.25) is 0 Å². The summed E-state index contributed by atoms with van der Waals surface area (Å²) in [4.78, 5) is 4.66. The summed E-state index contributed by atoms with van der Waals surface area (Å²) in [6.45, 7) is 8.59. The fourth-order valence-electron chi connectivity index (χ4n) is 2.33. The Morgan fingerprint density at radius 1 is 1.30 bits per heavy atom. The highest BCUT2D eigenvalue weighted by atomic mass is 16.5. The van der Waals surface area contributed by atoms with E-state index >= 15 is 0 Å². The Morgan fingerprint density at radius 3 is 2.70 bits per heavy atom. The van der Waals surface area contributed by atoms with Gasteiger partial charge in [-0.05, 0) is 43.4 Å². The normalized spacial score (nSPS) is 20.1. The molecule has 5 nitrogen and oxygen atoms in total. The summed E-state index contributed by atoms with van der Waals surface area (Å²) in [6.07, 6.45) is 2.20. The van der Waals surface area contributed by atoms with Crippen molar-refractivity contribution in [3.05, 3.63) is 23.8 Å². The molecule has 2 unspecified atom stereocenters. The van der Waals surface area contributed by atoms with Gasteiger partial charge in [-0.2, -0.15) is 0 Å². The molecular formula is C18H29N3O2. The van der Waals surface area contributed by atoms with E-state index in [0.29, 0.717) is 19.2 Å². The number of nitrogens with one attached hydrogen (secondary N) is 2. The van der Waals surface area contributed by atoms with Crippen molar-refractivity contribution < 1.29 is 9.47 Å². The van der Waals surface area contributed by atoms with Crippen molar-refractivity contribution in [2.45, 2.75) is 46.2 Å². The molecule has 5 heteroatoms. The van der Waals surface area contributed by atoms with Gasteiger partial charge in [0, 0.05) is 12.6 Å². The molecule has 0 bridgehead atoms. The third-order valence-corrected chi connectivity index (χ3v) is 3.89. The minimum Gasteiger partial charge on any atom is -0.493 e. The van der Waals surface area contributed by atoms with Crippen molar-refractivity contribution in [1.82, 2.24) is 10.6 Å². The monoisotopic (exact) mass is 319 g/mol. The maximum absolute atomic E-state index is 5.68. The molecule has 1 aromatic carbocycles. The predicted octanol–water partition coefficient (Wildman–Crippen LogP) is 2.95. The number of methoxy groups -OCH3 is 1. The van der Waals surface area contributed by atoms with Crippen LogP contribution in [0.1, 0.15) is 39.2 Å². The van der Waals surface area contributed by atoms with Crippen molar-refractivity contribution in [3.8, 4) is 11.5 Å². The fraction of sp³-hybridized carbons (Fsp3) is 0.611. The van der Waals surface area contributed by atoms with Crippen LogP contribution in [0.15, 0.2) is 23.2 Å². The topological polar surface area (TPSA) is 54.9 Å². The fourth-order valence-corrected chi connectivity index (χ4v) is 2.33. The standard InChI is InChI=1S/C18H29N3O2/c1-5-9-23-16-8-7-14(11-17(16)22-4)12-20-18(19-6-2)21-15-10-13(15)3/h7-8,11,13,15H,5-6,9-10,12H2,1-4H3,(H2,19,20,21). The first-order valence-electron chi connectivity index (χ1n) is 8.52. The molecule has 1 aliphatic carbocycles. The summed E-state index contributed by atoms with van der Waals surface area (Å²) in [5.41, 5.74) is 1.10. The van der Waals surface area contributed by atoms with Gasteiger partial charge in [0.2, 0.25) is 0 Å². The Labute approximate surface area is 139 Å². The predicted molar refractivity (Wildman–Crippen MR) is 94.3 cm³/mol. The third kappa shape index (κ3) is 5.34. The lowest BCUT2D eigenvalue weighted by Crippen LogP contribution is -2.39. The third-order valence-electron chi connectivity index (χ3n) is 3.89. The van der Waals surface area contributed by atoms with Gasteiger partial charge in [0.15, 0.2) is 17.5 Å². The average Bonchev–Trinajstić information content (AvgIpc) is 3.26. The zero-order valence-corrected chi connectivity index (χ0v) is 14.7. The Kier molecular flexibility index (Phi) is 6.56. The summed E-state index contributed by atoms with van der Waals surface area (Å²) in [7, 11) is 1.67. The van der Waals surface area contributed by atoms with E-state index in [4.69, 9.17) is 9.47 Å². The maximum atomic E-state index is 5.68. The number of benzene rings is 1. The van der Waals surface area contributed by atoms with Crippen LogP contribution in [-0.2, 0) is 6.54 Å².